The van der Waals surface area contributed by atoms with Gasteiger partial charge < -0.3 is 9.67 Å². The van der Waals surface area contributed by atoms with Gasteiger partial charge in [-0.2, -0.15) is 5.26 Å². The van der Waals surface area contributed by atoms with Crippen LogP contribution >= 0.6 is 0 Å². The number of hydrogen-bond acceptors (Lipinski definition) is 4. The van der Waals surface area contributed by atoms with Gasteiger partial charge in [0.2, 0.25) is 0 Å². The minimum Gasteiger partial charge on any atom is -0.395 e. The third kappa shape index (κ3) is 3.23. The summed E-state index contributed by atoms with van der Waals surface area (Å²) in [6.07, 6.45) is 0. The van der Waals surface area contributed by atoms with Crippen LogP contribution in [0.2, 0.25) is 0 Å². The number of nitrogens with zero attached hydrogens (tertiary/aromatic N) is 4. The Morgan fingerprint density at radius 3 is 2.67 bits per heavy atom. The molecule has 0 saturated heterocycles. The van der Waals surface area contributed by atoms with E-state index in [4.69, 9.17) is 15.4 Å². The molecule has 0 unspecified atom stereocenters. The van der Waals surface area contributed by atoms with E-state index >= 15 is 0 Å². The minimum atomic E-state index is 0.129. The molecule has 0 radical (unpaired) electrons. The third-order valence-corrected chi connectivity index (χ3v) is 3.90. The Morgan fingerprint density at radius 2 is 2.05 bits per heavy atom. The van der Waals surface area contributed by atoms with Crippen LogP contribution in [-0.4, -0.2) is 39.3 Å². The van der Waals surface area contributed by atoms with Crippen LogP contribution in [0, 0.1) is 25.2 Å². The summed E-state index contributed by atoms with van der Waals surface area (Å²) in [6, 6.07) is 6.39. The van der Waals surface area contributed by atoms with Crippen molar-refractivity contribution in [2.45, 2.75) is 33.9 Å². The summed E-state index contributed by atoms with van der Waals surface area (Å²) in [6.45, 7) is 8.73. The molecule has 0 fully saturated rings. The predicted octanol–water partition coefficient (Wildman–Crippen LogP) is 1.99. The van der Waals surface area contributed by atoms with Crippen molar-refractivity contribution in [3.8, 4) is 6.07 Å². The Kier molecular flexibility index (Phi) is 4.94. The van der Waals surface area contributed by atoms with Gasteiger partial charge in [0.1, 0.15) is 12.4 Å². The van der Waals surface area contributed by atoms with E-state index in [9.17, 15) is 0 Å². The molecule has 5 heteroatoms. The first-order valence-electron chi connectivity index (χ1n) is 7.27. The van der Waals surface area contributed by atoms with E-state index in [2.05, 4.69) is 43.9 Å². The zero-order valence-electron chi connectivity index (χ0n) is 12.9. The van der Waals surface area contributed by atoms with Crippen LogP contribution in [0.5, 0.6) is 0 Å². The summed E-state index contributed by atoms with van der Waals surface area (Å²) in [4.78, 5) is 6.81. The number of aromatic nitrogens is 2. The average Bonchev–Trinajstić information content (AvgIpc) is 2.77. The summed E-state index contributed by atoms with van der Waals surface area (Å²) < 4.78 is 1.97. The lowest BCUT2D eigenvalue weighted by Gasteiger charge is -2.18. The highest BCUT2D eigenvalue weighted by atomic mass is 16.3. The fourth-order valence-corrected chi connectivity index (χ4v) is 2.49. The van der Waals surface area contributed by atoms with Crippen LogP contribution in [0.25, 0.3) is 11.0 Å². The Balaban J connectivity index is 2.47. The molecular weight excluding hydrogens is 264 g/mol. The molecule has 21 heavy (non-hydrogen) atoms. The van der Waals surface area contributed by atoms with Gasteiger partial charge >= 0.3 is 0 Å². The fraction of sp³-hybridized carbons (Fsp3) is 0.500. The molecule has 2 rings (SSSR count). The molecule has 0 aliphatic heterocycles. The van der Waals surface area contributed by atoms with Gasteiger partial charge in [0, 0.05) is 6.54 Å². The molecule has 0 saturated carbocycles. The first-order valence-corrected chi connectivity index (χ1v) is 7.27. The van der Waals surface area contributed by atoms with Gasteiger partial charge in [0.25, 0.3) is 0 Å². The molecule has 112 valence electrons. The highest BCUT2D eigenvalue weighted by molar-refractivity contribution is 5.78. The molecule has 1 aromatic heterocycles. The van der Waals surface area contributed by atoms with E-state index in [1.807, 2.05) is 4.57 Å². The standard InChI is InChI=1S/C16H22N4O/c1-4-19(7-8-21)11-16-18-14-9-12(2)13(3)10-15(14)20(16)6-5-17/h9-10,21H,4,6-8,11H2,1-3H3. The number of nitriles is 1. The number of benzene rings is 1. The zero-order chi connectivity index (χ0) is 15.4. The Morgan fingerprint density at radius 1 is 1.33 bits per heavy atom. The van der Waals surface area contributed by atoms with Crippen LogP contribution in [0.1, 0.15) is 23.9 Å². The van der Waals surface area contributed by atoms with Crippen molar-refractivity contribution in [3.63, 3.8) is 0 Å². The predicted molar refractivity (Wildman–Crippen MR) is 82.9 cm³/mol. The maximum Gasteiger partial charge on any atom is 0.125 e. The van der Waals surface area contributed by atoms with Gasteiger partial charge in [-0.25, -0.2) is 4.98 Å². The smallest absolute Gasteiger partial charge is 0.125 e. The molecular formula is C16H22N4O. The highest BCUT2D eigenvalue weighted by Crippen LogP contribution is 2.21. The molecule has 2 aromatic rings. The van der Waals surface area contributed by atoms with Crippen LogP contribution < -0.4 is 0 Å². The summed E-state index contributed by atoms with van der Waals surface area (Å²) >= 11 is 0. The lowest BCUT2D eigenvalue weighted by atomic mass is 10.1. The van der Waals surface area contributed by atoms with Crippen LogP contribution in [0.3, 0.4) is 0 Å². The average molecular weight is 286 g/mol. The SMILES string of the molecule is CCN(CCO)Cc1nc2cc(C)c(C)cc2n1CC#N. The van der Waals surface area contributed by atoms with Crippen molar-refractivity contribution in [2.24, 2.45) is 0 Å². The van der Waals surface area contributed by atoms with Crippen LogP contribution in [0.15, 0.2) is 12.1 Å². The van der Waals surface area contributed by atoms with Crippen molar-refractivity contribution in [3.05, 3.63) is 29.1 Å². The van der Waals surface area contributed by atoms with E-state index in [-0.39, 0.29) is 6.61 Å². The number of fused-ring (bicyclic) bond motifs is 1. The molecule has 5 nitrogen and oxygen atoms in total. The number of aryl methyl sites for hydroxylation is 2. The van der Waals surface area contributed by atoms with Gasteiger partial charge in [-0.1, -0.05) is 6.92 Å². The molecule has 0 aliphatic carbocycles. The second kappa shape index (κ2) is 6.70. The number of aliphatic hydroxyl groups is 1. The Labute approximate surface area is 125 Å². The Hall–Kier alpha value is -1.90. The van der Waals surface area contributed by atoms with E-state index in [1.165, 1.54) is 11.1 Å². The molecule has 1 aromatic carbocycles. The molecule has 0 spiro atoms. The van der Waals surface area contributed by atoms with E-state index in [0.717, 1.165) is 23.4 Å². The second-order valence-electron chi connectivity index (χ2n) is 5.29. The molecule has 0 amide bonds. The topological polar surface area (TPSA) is 65.1 Å². The van der Waals surface area contributed by atoms with E-state index in [0.29, 0.717) is 19.6 Å². The van der Waals surface area contributed by atoms with Gasteiger partial charge in [0.15, 0.2) is 0 Å². The summed E-state index contributed by atoms with van der Waals surface area (Å²) in [5, 5.41) is 18.2. The molecule has 1 heterocycles. The van der Waals surface area contributed by atoms with Gasteiger partial charge in [-0.3, -0.25) is 4.90 Å². The largest absolute Gasteiger partial charge is 0.395 e. The summed E-state index contributed by atoms with van der Waals surface area (Å²) in [5.74, 6) is 0.881. The van der Waals surface area contributed by atoms with Crippen molar-refractivity contribution < 1.29 is 5.11 Å². The van der Waals surface area contributed by atoms with Crippen molar-refractivity contribution in [2.75, 3.05) is 19.7 Å². The third-order valence-electron chi connectivity index (χ3n) is 3.90. The van der Waals surface area contributed by atoms with E-state index < -0.39 is 0 Å². The van der Waals surface area contributed by atoms with Crippen LogP contribution in [-0.2, 0) is 13.1 Å². The summed E-state index contributed by atoms with van der Waals surface area (Å²) in [7, 11) is 0. The maximum atomic E-state index is 9.11. The van der Waals surface area contributed by atoms with Gasteiger partial charge in [-0.15, -0.1) is 0 Å². The molecule has 0 bridgehead atoms. The highest BCUT2D eigenvalue weighted by Gasteiger charge is 2.14. The summed E-state index contributed by atoms with van der Waals surface area (Å²) in [5.41, 5.74) is 4.35. The first kappa shape index (κ1) is 15.5. The quantitative estimate of drug-likeness (QED) is 0.882. The normalized spacial score (nSPS) is 11.2. The van der Waals surface area contributed by atoms with Crippen molar-refractivity contribution in [1.29, 1.82) is 5.26 Å². The number of hydrogen-bond donors (Lipinski definition) is 1. The van der Waals surface area contributed by atoms with Crippen molar-refractivity contribution >= 4 is 11.0 Å². The number of likely N-dealkylation sites (N-methyl/N-ethyl adjacent to an activating group) is 1. The van der Waals surface area contributed by atoms with Crippen molar-refractivity contribution in [1.82, 2.24) is 14.5 Å². The Bertz CT molecular complexity index is 669. The van der Waals surface area contributed by atoms with Crippen LogP contribution in [0.4, 0.5) is 0 Å². The number of rotatable bonds is 6. The minimum absolute atomic E-state index is 0.129. The number of aliphatic hydroxyl groups excluding tert-OH is 1. The molecule has 1 N–H and O–H groups in total. The fourth-order valence-electron chi connectivity index (χ4n) is 2.49. The lowest BCUT2D eigenvalue weighted by molar-refractivity contribution is 0.192. The second-order valence-corrected chi connectivity index (χ2v) is 5.29. The van der Waals surface area contributed by atoms with E-state index in [1.54, 1.807) is 0 Å². The number of imidazole rings is 1. The zero-order valence-corrected chi connectivity index (χ0v) is 12.9. The molecule has 0 aliphatic rings. The first-order chi connectivity index (χ1) is 10.1. The van der Waals surface area contributed by atoms with Gasteiger partial charge in [-0.05, 0) is 43.7 Å². The maximum absolute atomic E-state index is 9.11. The monoisotopic (exact) mass is 286 g/mol. The van der Waals surface area contributed by atoms with Gasteiger partial charge in [0.05, 0.1) is 30.3 Å². The lowest BCUT2D eigenvalue weighted by Crippen LogP contribution is -2.27. The molecule has 0 atom stereocenters.